The van der Waals surface area contributed by atoms with Crippen LogP contribution in [0.4, 0.5) is 0 Å². The number of carbonyl (C=O) groups is 3. The topological polar surface area (TPSA) is 60.4 Å². The summed E-state index contributed by atoms with van der Waals surface area (Å²) in [6, 6.07) is 17.8. The van der Waals surface area contributed by atoms with E-state index in [1.54, 1.807) is 48.6 Å². The van der Waals surface area contributed by atoms with E-state index in [1.165, 1.54) is 6.92 Å². The minimum Gasteiger partial charge on any atom is -0.449 e. The van der Waals surface area contributed by atoms with E-state index in [-0.39, 0.29) is 11.6 Å². The van der Waals surface area contributed by atoms with Gasteiger partial charge in [-0.25, -0.2) is 0 Å². The van der Waals surface area contributed by atoms with E-state index in [4.69, 9.17) is 4.74 Å². The lowest BCUT2D eigenvalue weighted by atomic mass is 10.00. The molecule has 2 aromatic rings. The first-order valence-corrected chi connectivity index (χ1v) is 8.25. The van der Waals surface area contributed by atoms with Gasteiger partial charge in [0.15, 0.2) is 11.9 Å². The van der Waals surface area contributed by atoms with Crippen LogP contribution >= 0.6 is 0 Å². The fraction of sp³-hybridized carbons (Fsp3) is 0.136. The Kier molecular flexibility index (Phi) is 7.25. The first kappa shape index (κ1) is 19.1. The molecule has 3 rings (SSSR count). The summed E-state index contributed by atoms with van der Waals surface area (Å²) in [5, 5.41) is 0. The van der Waals surface area contributed by atoms with Crippen LogP contribution in [0.1, 0.15) is 35.4 Å². The average molecular weight is 348 g/mol. The Morgan fingerprint density at radius 1 is 0.923 bits per heavy atom. The number of hydrogen-bond donors (Lipinski definition) is 0. The third-order valence-electron chi connectivity index (χ3n) is 3.53. The molecule has 0 radical (unpaired) electrons. The van der Waals surface area contributed by atoms with Gasteiger partial charge in [0.2, 0.25) is 5.78 Å². The smallest absolute Gasteiger partial charge is 0.303 e. The van der Waals surface area contributed by atoms with Gasteiger partial charge in [0.1, 0.15) is 0 Å². The van der Waals surface area contributed by atoms with E-state index >= 15 is 0 Å². The summed E-state index contributed by atoms with van der Waals surface area (Å²) >= 11 is 0. The van der Waals surface area contributed by atoms with Crippen molar-refractivity contribution in [3.8, 4) is 0 Å². The van der Waals surface area contributed by atoms with Gasteiger partial charge < -0.3 is 4.74 Å². The molecule has 1 atom stereocenters. The highest BCUT2D eigenvalue weighted by atomic mass is 16.5. The van der Waals surface area contributed by atoms with Crippen molar-refractivity contribution < 1.29 is 19.1 Å². The molecule has 2 aromatic carbocycles. The first-order chi connectivity index (χ1) is 12.6. The number of ether oxygens (including phenoxy) is 1. The molecule has 0 aliphatic heterocycles. The third kappa shape index (κ3) is 5.98. The van der Waals surface area contributed by atoms with E-state index in [9.17, 15) is 14.4 Å². The van der Waals surface area contributed by atoms with Gasteiger partial charge in [-0.15, -0.1) is 0 Å². The van der Waals surface area contributed by atoms with Gasteiger partial charge in [-0.05, 0) is 6.08 Å². The van der Waals surface area contributed by atoms with Crippen LogP contribution in [0.3, 0.4) is 0 Å². The zero-order valence-electron chi connectivity index (χ0n) is 14.5. The van der Waals surface area contributed by atoms with Crippen LogP contribution in [0, 0.1) is 0 Å². The molecule has 0 heterocycles. The van der Waals surface area contributed by atoms with Crippen molar-refractivity contribution in [3.05, 3.63) is 96.1 Å². The number of Topliss-reactive ketones (excluding diaryl/α,β-unsaturated/α-hetero) is 1. The quantitative estimate of drug-likeness (QED) is 0.612. The van der Waals surface area contributed by atoms with E-state index in [2.05, 4.69) is 0 Å². The van der Waals surface area contributed by atoms with Crippen LogP contribution in [-0.2, 0) is 14.3 Å². The zero-order chi connectivity index (χ0) is 18.8. The summed E-state index contributed by atoms with van der Waals surface area (Å²) in [6.45, 7) is 1.30. The van der Waals surface area contributed by atoms with Gasteiger partial charge in [0.05, 0.1) is 0 Å². The molecule has 0 spiro atoms. The van der Waals surface area contributed by atoms with E-state index in [1.807, 2.05) is 36.4 Å². The second-order valence-electron chi connectivity index (χ2n) is 5.59. The van der Waals surface area contributed by atoms with Crippen molar-refractivity contribution in [1.82, 2.24) is 0 Å². The molecule has 4 nitrogen and oxygen atoms in total. The number of carbonyl (C=O) groups excluding carboxylic acids is 3. The van der Waals surface area contributed by atoms with Crippen LogP contribution in [0.2, 0.25) is 0 Å². The summed E-state index contributed by atoms with van der Waals surface area (Å²) < 4.78 is 5.16. The van der Waals surface area contributed by atoms with Crippen molar-refractivity contribution in [2.24, 2.45) is 0 Å². The summed E-state index contributed by atoms with van der Waals surface area (Å²) in [7, 11) is 0. The first-order valence-electron chi connectivity index (χ1n) is 8.25. The third-order valence-corrected chi connectivity index (χ3v) is 3.53. The highest BCUT2D eigenvalue weighted by molar-refractivity contribution is 6.00. The van der Waals surface area contributed by atoms with Crippen LogP contribution in [0.25, 0.3) is 0 Å². The molecule has 1 aliphatic rings. The lowest BCUT2D eigenvalue weighted by Crippen LogP contribution is -2.18. The molecule has 1 unspecified atom stereocenters. The monoisotopic (exact) mass is 348 g/mol. The Bertz CT molecular complexity index is 805. The molecule has 132 valence electrons. The second-order valence-corrected chi connectivity index (χ2v) is 5.59. The molecular weight excluding hydrogens is 328 g/mol. The summed E-state index contributed by atoms with van der Waals surface area (Å²) in [5.74, 6) is -0.498. The van der Waals surface area contributed by atoms with Crippen molar-refractivity contribution in [3.63, 3.8) is 0 Å². The molecular formula is C22H20O4. The Morgan fingerprint density at radius 2 is 1.54 bits per heavy atom. The number of benzene rings is 2. The van der Waals surface area contributed by atoms with Crippen molar-refractivity contribution >= 4 is 17.5 Å². The molecule has 0 fully saturated rings. The standard InChI is InChI=1S/C16H14O3.C6H6O/c1-12(17)19-16(14-10-6-3-7-11-14)15(18)13-8-4-2-5-9-13;7-6-4-2-1-3-5-6/h2-11,16H,1H3;1-4H,5H2. The largest absolute Gasteiger partial charge is 0.449 e. The summed E-state index contributed by atoms with van der Waals surface area (Å²) in [6.07, 6.45) is 6.76. The maximum absolute atomic E-state index is 12.4. The van der Waals surface area contributed by atoms with Crippen LogP contribution in [0.5, 0.6) is 0 Å². The SMILES string of the molecule is CC(=O)OC(C(=O)c1ccccc1)c1ccccc1.O=C1C=CC=CC1. The lowest BCUT2D eigenvalue weighted by molar-refractivity contribution is -0.144. The predicted octanol–water partition coefficient (Wildman–Crippen LogP) is 4.25. The zero-order valence-corrected chi connectivity index (χ0v) is 14.5. The lowest BCUT2D eigenvalue weighted by Gasteiger charge is -2.16. The Morgan fingerprint density at radius 3 is 2.00 bits per heavy atom. The van der Waals surface area contributed by atoms with Gasteiger partial charge in [0, 0.05) is 24.5 Å². The van der Waals surface area contributed by atoms with Gasteiger partial charge in [-0.3, -0.25) is 14.4 Å². The maximum Gasteiger partial charge on any atom is 0.303 e. The van der Waals surface area contributed by atoms with Gasteiger partial charge in [-0.1, -0.05) is 78.9 Å². The molecule has 0 saturated heterocycles. The van der Waals surface area contributed by atoms with Crippen molar-refractivity contribution in [2.75, 3.05) is 0 Å². The predicted molar refractivity (Wildman–Crippen MR) is 99.6 cm³/mol. The van der Waals surface area contributed by atoms with Crippen molar-refractivity contribution in [1.29, 1.82) is 0 Å². The summed E-state index contributed by atoms with van der Waals surface area (Å²) in [5.41, 5.74) is 1.20. The van der Waals surface area contributed by atoms with E-state index in [0.29, 0.717) is 17.5 Å². The molecule has 0 saturated carbocycles. The van der Waals surface area contributed by atoms with Crippen LogP contribution < -0.4 is 0 Å². The van der Waals surface area contributed by atoms with Crippen LogP contribution in [0.15, 0.2) is 85.0 Å². The highest BCUT2D eigenvalue weighted by Crippen LogP contribution is 2.22. The molecule has 26 heavy (non-hydrogen) atoms. The highest BCUT2D eigenvalue weighted by Gasteiger charge is 2.24. The molecule has 0 aromatic heterocycles. The fourth-order valence-corrected chi connectivity index (χ4v) is 2.31. The minimum atomic E-state index is -0.888. The normalized spacial score (nSPS) is 13.3. The maximum atomic E-state index is 12.4. The number of esters is 1. The Labute approximate surface area is 152 Å². The number of hydrogen-bond acceptors (Lipinski definition) is 4. The molecule has 0 bridgehead atoms. The number of allylic oxidation sites excluding steroid dienone is 4. The second kappa shape index (κ2) is 9.89. The van der Waals surface area contributed by atoms with Crippen LogP contribution in [-0.4, -0.2) is 17.5 Å². The molecule has 0 amide bonds. The van der Waals surface area contributed by atoms with Gasteiger partial charge >= 0.3 is 5.97 Å². The molecule has 1 aliphatic carbocycles. The average Bonchev–Trinajstić information content (AvgIpc) is 2.68. The minimum absolute atomic E-state index is 0.197. The Hall–Kier alpha value is -3.27. The number of rotatable bonds is 4. The van der Waals surface area contributed by atoms with E-state index < -0.39 is 12.1 Å². The Balaban J connectivity index is 0.000000290. The molecule has 0 N–H and O–H groups in total. The van der Waals surface area contributed by atoms with Gasteiger partial charge in [0.25, 0.3) is 0 Å². The van der Waals surface area contributed by atoms with E-state index in [0.717, 1.165) is 0 Å². The van der Waals surface area contributed by atoms with Crippen molar-refractivity contribution in [2.45, 2.75) is 19.4 Å². The summed E-state index contributed by atoms with van der Waals surface area (Å²) in [4.78, 5) is 33.9. The fourth-order valence-electron chi connectivity index (χ4n) is 2.31. The molecule has 4 heteroatoms. The van der Waals surface area contributed by atoms with Gasteiger partial charge in [-0.2, -0.15) is 0 Å². The number of ketones is 2.